The lowest BCUT2D eigenvalue weighted by molar-refractivity contribution is 0.302. The Morgan fingerprint density at radius 1 is 1.04 bits per heavy atom. The molecule has 0 bridgehead atoms. The van der Waals surface area contributed by atoms with Gasteiger partial charge in [-0.3, -0.25) is 0 Å². The van der Waals surface area contributed by atoms with E-state index >= 15 is 0 Å². The molecule has 8 nitrogen and oxygen atoms in total. The quantitative estimate of drug-likeness (QED) is 0.580. The maximum atomic E-state index is 12.7. The molecule has 0 spiro atoms. The van der Waals surface area contributed by atoms with Gasteiger partial charge in [-0.05, 0) is 46.2 Å². The van der Waals surface area contributed by atoms with Gasteiger partial charge in [-0.15, -0.1) is 0 Å². The van der Waals surface area contributed by atoms with E-state index in [0.717, 1.165) is 6.26 Å². The molecule has 0 atom stereocenters. The van der Waals surface area contributed by atoms with Crippen LogP contribution in [0.2, 0.25) is 0 Å². The van der Waals surface area contributed by atoms with Crippen molar-refractivity contribution in [1.29, 1.82) is 0 Å². The second-order valence-electron chi connectivity index (χ2n) is 6.35. The number of nitrogens with one attached hydrogen (secondary N) is 2. The van der Waals surface area contributed by atoms with Gasteiger partial charge in [0.2, 0.25) is 20.0 Å². The van der Waals surface area contributed by atoms with Gasteiger partial charge >= 0.3 is 0 Å². The SMILES string of the molecule is CC(C)N(C(C)C)S(=O)(=O)c1ccc(NCCCNS(C)(=O)=O)nc1. The maximum absolute atomic E-state index is 12.7. The molecule has 0 aliphatic rings. The largest absolute Gasteiger partial charge is 0.370 e. The summed E-state index contributed by atoms with van der Waals surface area (Å²) in [5.74, 6) is 0.541. The third-order valence-electron chi connectivity index (χ3n) is 3.35. The molecule has 144 valence electrons. The molecule has 0 aliphatic heterocycles. The first-order valence-electron chi connectivity index (χ1n) is 8.13. The van der Waals surface area contributed by atoms with Crippen molar-refractivity contribution in [3.05, 3.63) is 18.3 Å². The van der Waals surface area contributed by atoms with Gasteiger partial charge in [0.05, 0.1) is 6.26 Å². The minimum atomic E-state index is -3.60. The van der Waals surface area contributed by atoms with E-state index < -0.39 is 20.0 Å². The van der Waals surface area contributed by atoms with Gasteiger partial charge in [0.25, 0.3) is 0 Å². The Bertz CT molecular complexity index is 736. The molecule has 1 rings (SSSR count). The Balaban J connectivity index is 2.69. The summed E-state index contributed by atoms with van der Waals surface area (Å²) in [6, 6.07) is 2.84. The number of sulfonamides is 2. The molecule has 0 amide bonds. The Labute approximate surface area is 151 Å². The van der Waals surface area contributed by atoms with E-state index in [-0.39, 0.29) is 17.0 Å². The van der Waals surface area contributed by atoms with Crippen LogP contribution in [0.15, 0.2) is 23.2 Å². The molecule has 2 N–H and O–H groups in total. The average Bonchev–Trinajstić information content (AvgIpc) is 2.45. The van der Waals surface area contributed by atoms with Crippen LogP contribution in [0.25, 0.3) is 0 Å². The number of aromatic nitrogens is 1. The van der Waals surface area contributed by atoms with Crippen molar-refractivity contribution < 1.29 is 16.8 Å². The Kier molecular flexibility index (Phi) is 7.79. The Morgan fingerprint density at radius 2 is 1.64 bits per heavy atom. The van der Waals surface area contributed by atoms with Crippen LogP contribution < -0.4 is 10.0 Å². The van der Waals surface area contributed by atoms with Crippen LogP contribution in [0.1, 0.15) is 34.1 Å². The van der Waals surface area contributed by atoms with Crippen molar-refractivity contribution >= 4 is 25.9 Å². The smallest absolute Gasteiger partial charge is 0.245 e. The van der Waals surface area contributed by atoms with Crippen molar-refractivity contribution in [2.75, 3.05) is 24.7 Å². The fourth-order valence-electron chi connectivity index (χ4n) is 2.47. The lowest BCUT2D eigenvalue weighted by Gasteiger charge is -2.29. The van der Waals surface area contributed by atoms with Gasteiger partial charge in [0, 0.05) is 31.4 Å². The van der Waals surface area contributed by atoms with Crippen LogP contribution in [0.5, 0.6) is 0 Å². The summed E-state index contributed by atoms with van der Waals surface area (Å²) in [6.45, 7) is 8.20. The normalized spacial score (nSPS) is 13.0. The summed E-state index contributed by atoms with van der Waals surface area (Å²) >= 11 is 0. The number of rotatable bonds is 10. The van der Waals surface area contributed by atoms with E-state index in [4.69, 9.17) is 0 Å². The Morgan fingerprint density at radius 3 is 2.08 bits per heavy atom. The first kappa shape index (κ1) is 21.8. The second kappa shape index (κ2) is 8.93. The summed E-state index contributed by atoms with van der Waals surface area (Å²) < 4.78 is 51.2. The first-order valence-corrected chi connectivity index (χ1v) is 11.5. The van der Waals surface area contributed by atoms with E-state index in [2.05, 4.69) is 15.0 Å². The highest BCUT2D eigenvalue weighted by atomic mass is 32.2. The fourth-order valence-corrected chi connectivity index (χ4v) is 4.77. The van der Waals surface area contributed by atoms with Crippen molar-refractivity contribution in [2.24, 2.45) is 0 Å². The topological polar surface area (TPSA) is 108 Å². The average molecular weight is 393 g/mol. The summed E-state index contributed by atoms with van der Waals surface area (Å²) in [5, 5.41) is 3.03. The minimum absolute atomic E-state index is 0.148. The van der Waals surface area contributed by atoms with E-state index in [1.807, 2.05) is 27.7 Å². The highest BCUT2D eigenvalue weighted by Gasteiger charge is 2.29. The summed E-state index contributed by atoms with van der Waals surface area (Å²) in [6.07, 6.45) is 3.03. The molecule has 0 saturated heterocycles. The highest BCUT2D eigenvalue weighted by Crippen LogP contribution is 2.21. The molecule has 0 unspecified atom stereocenters. The van der Waals surface area contributed by atoms with Gasteiger partial charge in [-0.25, -0.2) is 26.5 Å². The van der Waals surface area contributed by atoms with E-state index in [1.165, 1.54) is 16.6 Å². The second-order valence-corrected chi connectivity index (χ2v) is 10.0. The standard InChI is InChI=1S/C15H28N4O4S2/c1-12(2)19(13(3)4)25(22,23)14-7-8-15(17-11-14)16-9-6-10-18-24(5,20)21/h7-8,11-13,18H,6,9-10H2,1-5H3,(H,16,17). The minimum Gasteiger partial charge on any atom is -0.370 e. The maximum Gasteiger partial charge on any atom is 0.245 e. The molecule has 1 heterocycles. The third-order valence-corrected chi connectivity index (χ3v) is 6.32. The Hall–Kier alpha value is -1.23. The van der Waals surface area contributed by atoms with Crippen LogP contribution in [0.3, 0.4) is 0 Å². The predicted molar refractivity (Wildman–Crippen MR) is 99.5 cm³/mol. The lowest BCUT2D eigenvalue weighted by Crippen LogP contribution is -2.41. The van der Waals surface area contributed by atoms with Crippen LogP contribution >= 0.6 is 0 Å². The van der Waals surface area contributed by atoms with E-state index in [0.29, 0.717) is 25.3 Å². The summed E-state index contributed by atoms with van der Waals surface area (Å²) in [4.78, 5) is 4.29. The molecule has 0 aromatic carbocycles. The van der Waals surface area contributed by atoms with Gasteiger partial charge in [-0.1, -0.05) is 0 Å². The predicted octanol–water partition coefficient (Wildman–Crippen LogP) is 1.24. The van der Waals surface area contributed by atoms with Crippen molar-refractivity contribution in [1.82, 2.24) is 14.0 Å². The van der Waals surface area contributed by atoms with Crippen LogP contribution in [-0.2, 0) is 20.0 Å². The molecule has 10 heteroatoms. The van der Waals surface area contributed by atoms with Crippen LogP contribution in [0, 0.1) is 0 Å². The van der Waals surface area contributed by atoms with Gasteiger partial charge in [0.15, 0.2) is 0 Å². The van der Waals surface area contributed by atoms with Gasteiger partial charge in [0.1, 0.15) is 10.7 Å². The number of nitrogens with zero attached hydrogens (tertiary/aromatic N) is 2. The first-order chi connectivity index (χ1) is 11.4. The number of hydrogen-bond donors (Lipinski definition) is 2. The molecule has 0 fully saturated rings. The number of anilines is 1. The molecule has 0 aliphatic carbocycles. The third kappa shape index (κ3) is 6.89. The van der Waals surface area contributed by atoms with Crippen LogP contribution in [0.4, 0.5) is 5.82 Å². The number of pyridine rings is 1. The zero-order valence-corrected chi connectivity index (χ0v) is 17.0. The molecule has 25 heavy (non-hydrogen) atoms. The molecular formula is C15H28N4O4S2. The highest BCUT2D eigenvalue weighted by molar-refractivity contribution is 7.89. The summed E-state index contributed by atoms with van der Waals surface area (Å²) in [5.41, 5.74) is 0. The van der Waals surface area contributed by atoms with Gasteiger partial charge in [-0.2, -0.15) is 4.31 Å². The van der Waals surface area contributed by atoms with Crippen LogP contribution in [-0.4, -0.2) is 57.6 Å². The monoisotopic (exact) mass is 392 g/mol. The molecular weight excluding hydrogens is 364 g/mol. The molecule has 0 radical (unpaired) electrons. The van der Waals surface area contributed by atoms with E-state index in [9.17, 15) is 16.8 Å². The summed E-state index contributed by atoms with van der Waals surface area (Å²) in [7, 11) is -6.77. The zero-order valence-electron chi connectivity index (χ0n) is 15.4. The van der Waals surface area contributed by atoms with Crippen molar-refractivity contribution in [2.45, 2.75) is 51.1 Å². The molecule has 1 aromatic heterocycles. The lowest BCUT2D eigenvalue weighted by atomic mass is 10.3. The zero-order chi connectivity index (χ0) is 19.3. The van der Waals surface area contributed by atoms with E-state index in [1.54, 1.807) is 6.07 Å². The van der Waals surface area contributed by atoms with Gasteiger partial charge < -0.3 is 5.32 Å². The molecule has 1 aromatic rings. The van der Waals surface area contributed by atoms with Crippen molar-refractivity contribution in [3.8, 4) is 0 Å². The van der Waals surface area contributed by atoms with Crippen molar-refractivity contribution in [3.63, 3.8) is 0 Å². The molecule has 0 saturated carbocycles. The fraction of sp³-hybridized carbons (Fsp3) is 0.667. The number of hydrogen-bond acceptors (Lipinski definition) is 6.